The summed E-state index contributed by atoms with van der Waals surface area (Å²) in [4.78, 5) is -0.481. The topological polar surface area (TPSA) is 97.5 Å². The Balaban J connectivity index is 2.35. The minimum absolute atomic E-state index is 0.0523. The number of benzene rings is 1. The molecule has 1 aromatic rings. The van der Waals surface area contributed by atoms with Gasteiger partial charge in [-0.2, -0.15) is 4.31 Å². The molecule has 1 fully saturated rings. The summed E-state index contributed by atoms with van der Waals surface area (Å²) >= 11 is 0. The van der Waals surface area contributed by atoms with Gasteiger partial charge < -0.3 is 5.73 Å². The van der Waals surface area contributed by atoms with E-state index in [4.69, 9.17) is 5.73 Å². The van der Waals surface area contributed by atoms with Crippen LogP contribution in [0.1, 0.15) is 6.42 Å². The van der Waals surface area contributed by atoms with Gasteiger partial charge in [0.05, 0.1) is 11.5 Å². The first-order chi connectivity index (χ1) is 9.22. The van der Waals surface area contributed by atoms with Crippen LogP contribution in [0, 0.1) is 5.82 Å². The van der Waals surface area contributed by atoms with Crippen molar-refractivity contribution in [2.75, 3.05) is 30.3 Å². The van der Waals surface area contributed by atoms with Gasteiger partial charge in [-0.15, -0.1) is 0 Å². The molecule has 0 aromatic heterocycles. The van der Waals surface area contributed by atoms with Crippen molar-refractivity contribution in [3.8, 4) is 0 Å². The molecule has 1 aliphatic rings. The van der Waals surface area contributed by atoms with Gasteiger partial charge in [-0.1, -0.05) is 0 Å². The highest BCUT2D eigenvalue weighted by atomic mass is 32.2. The summed E-state index contributed by atoms with van der Waals surface area (Å²) < 4.78 is 62.4. The fourth-order valence-electron chi connectivity index (χ4n) is 2.02. The molecule has 0 spiro atoms. The third-order valence-corrected chi connectivity index (χ3v) is 6.74. The number of sulfonamides is 1. The van der Waals surface area contributed by atoms with Gasteiger partial charge in [0.15, 0.2) is 9.84 Å². The molecule has 0 amide bonds. The molecule has 0 bridgehead atoms. The zero-order valence-corrected chi connectivity index (χ0v) is 12.3. The largest absolute Gasteiger partial charge is 0.399 e. The van der Waals surface area contributed by atoms with Crippen LogP contribution >= 0.6 is 0 Å². The Labute approximate surface area is 117 Å². The molecule has 112 valence electrons. The molecular weight excluding hydrogens is 307 g/mol. The smallest absolute Gasteiger partial charge is 0.246 e. The number of nitrogens with zero attached hydrogens (tertiary/aromatic N) is 1. The molecule has 1 aromatic carbocycles. The molecule has 1 aliphatic heterocycles. The number of anilines is 1. The van der Waals surface area contributed by atoms with E-state index in [0.29, 0.717) is 0 Å². The van der Waals surface area contributed by atoms with E-state index in [2.05, 4.69) is 0 Å². The second-order valence-electron chi connectivity index (χ2n) is 4.60. The van der Waals surface area contributed by atoms with Crippen molar-refractivity contribution >= 4 is 25.5 Å². The van der Waals surface area contributed by atoms with E-state index in [1.807, 2.05) is 0 Å². The van der Waals surface area contributed by atoms with Gasteiger partial charge in [0, 0.05) is 18.8 Å². The maximum Gasteiger partial charge on any atom is 0.246 e. The summed E-state index contributed by atoms with van der Waals surface area (Å²) in [6.07, 6.45) is 0.207. The zero-order chi connectivity index (χ0) is 15.0. The van der Waals surface area contributed by atoms with E-state index in [1.54, 1.807) is 0 Å². The van der Waals surface area contributed by atoms with Crippen molar-refractivity contribution in [1.29, 1.82) is 0 Å². The van der Waals surface area contributed by atoms with Crippen molar-refractivity contribution in [1.82, 2.24) is 4.31 Å². The van der Waals surface area contributed by atoms with Crippen LogP contribution in [0.25, 0.3) is 0 Å². The van der Waals surface area contributed by atoms with Crippen LogP contribution in [0.2, 0.25) is 0 Å². The van der Waals surface area contributed by atoms with E-state index in [0.717, 1.165) is 16.4 Å². The lowest BCUT2D eigenvalue weighted by atomic mass is 10.3. The fraction of sp³-hybridized carbons (Fsp3) is 0.455. The van der Waals surface area contributed by atoms with E-state index >= 15 is 0 Å². The lowest BCUT2D eigenvalue weighted by molar-refractivity contribution is 0.430. The molecular formula is C11H15FN2O4S2. The van der Waals surface area contributed by atoms with Gasteiger partial charge >= 0.3 is 0 Å². The molecule has 2 rings (SSSR count). The second kappa shape index (κ2) is 5.30. The highest BCUT2D eigenvalue weighted by Crippen LogP contribution is 2.22. The lowest BCUT2D eigenvalue weighted by Gasteiger charge is -2.19. The van der Waals surface area contributed by atoms with Crippen LogP contribution < -0.4 is 5.73 Å². The van der Waals surface area contributed by atoms with Crippen LogP contribution in [0.3, 0.4) is 0 Å². The SMILES string of the molecule is Nc1ccc(S(=O)(=O)N2CCCS(=O)(=O)CC2)c(F)c1. The Morgan fingerprint density at radius 2 is 1.90 bits per heavy atom. The van der Waals surface area contributed by atoms with Gasteiger partial charge in [0.2, 0.25) is 10.0 Å². The predicted molar refractivity (Wildman–Crippen MR) is 72.8 cm³/mol. The number of halogens is 1. The summed E-state index contributed by atoms with van der Waals surface area (Å²) in [5, 5.41) is 0. The summed E-state index contributed by atoms with van der Waals surface area (Å²) in [6.45, 7) is -0.0974. The van der Waals surface area contributed by atoms with Crippen LogP contribution in [0.5, 0.6) is 0 Å². The highest BCUT2D eigenvalue weighted by molar-refractivity contribution is 7.91. The van der Waals surface area contributed by atoms with Gasteiger partial charge in [-0.05, 0) is 24.6 Å². The van der Waals surface area contributed by atoms with Gasteiger partial charge in [-0.3, -0.25) is 0 Å². The summed E-state index contributed by atoms with van der Waals surface area (Å²) in [7, 11) is -7.28. The minimum atomic E-state index is -4.04. The predicted octanol–water partition coefficient (Wildman–Crippen LogP) is 0.217. The lowest BCUT2D eigenvalue weighted by Crippen LogP contribution is -2.34. The standard InChI is InChI=1S/C11H15FN2O4S2/c12-10-8-9(13)2-3-11(10)20(17,18)14-4-1-6-19(15,16)7-5-14/h2-3,8H,1,4-7,13H2. The number of nitrogens with two attached hydrogens (primary N) is 1. The molecule has 0 aliphatic carbocycles. The highest BCUT2D eigenvalue weighted by Gasteiger charge is 2.30. The maximum atomic E-state index is 13.8. The van der Waals surface area contributed by atoms with Gasteiger partial charge in [0.25, 0.3) is 0 Å². The van der Waals surface area contributed by atoms with Gasteiger partial charge in [0.1, 0.15) is 10.7 Å². The molecule has 2 N–H and O–H groups in total. The minimum Gasteiger partial charge on any atom is -0.399 e. The van der Waals surface area contributed by atoms with Crippen LogP contribution in [0.15, 0.2) is 23.1 Å². The Kier molecular flexibility index (Phi) is 4.03. The van der Waals surface area contributed by atoms with E-state index in [1.165, 1.54) is 6.07 Å². The average molecular weight is 322 g/mol. The molecule has 0 atom stereocenters. The fourth-order valence-corrected chi connectivity index (χ4v) is 4.93. The van der Waals surface area contributed by atoms with Crippen molar-refractivity contribution < 1.29 is 21.2 Å². The normalized spacial score (nSPS) is 20.4. The average Bonchev–Trinajstić information content (AvgIpc) is 2.50. The maximum absolute atomic E-state index is 13.8. The number of nitrogen functional groups attached to an aromatic ring is 1. The second-order valence-corrected chi connectivity index (χ2v) is 8.81. The van der Waals surface area contributed by atoms with Crippen LogP contribution in [0.4, 0.5) is 10.1 Å². The first-order valence-electron chi connectivity index (χ1n) is 5.98. The van der Waals surface area contributed by atoms with Crippen molar-refractivity contribution in [3.05, 3.63) is 24.0 Å². The Hall–Kier alpha value is -1.19. The molecule has 0 radical (unpaired) electrons. The molecule has 0 unspecified atom stereocenters. The summed E-state index contributed by atoms with van der Waals surface area (Å²) in [5.41, 5.74) is 5.51. The number of rotatable bonds is 2. The number of sulfone groups is 1. The number of hydrogen-bond acceptors (Lipinski definition) is 5. The number of hydrogen-bond donors (Lipinski definition) is 1. The molecule has 1 saturated heterocycles. The molecule has 9 heteroatoms. The Morgan fingerprint density at radius 1 is 1.20 bits per heavy atom. The Bertz CT molecular complexity index is 716. The third kappa shape index (κ3) is 3.10. The molecule has 6 nitrogen and oxygen atoms in total. The molecule has 1 heterocycles. The van der Waals surface area contributed by atoms with E-state index in [9.17, 15) is 21.2 Å². The van der Waals surface area contributed by atoms with Crippen molar-refractivity contribution in [2.45, 2.75) is 11.3 Å². The van der Waals surface area contributed by atoms with Gasteiger partial charge in [-0.25, -0.2) is 21.2 Å². The van der Waals surface area contributed by atoms with E-state index < -0.39 is 30.6 Å². The van der Waals surface area contributed by atoms with E-state index in [-0.39, 0.29) is 36.7 Å². The molecule has 0 saturated carbocycles. The zero-order valence-electron chi connectivity index (χ0n) is 10.6. The monoisotopic (exact) mass is 322 g/mol. The first-order valence-corrected chi connectivity index (χ1v) is 9.24. The molecule has 20 heavy (non-hydrogen) atoms. The summed E-state index contributed by atoms with van der Waals surface area (Å²) in [6, 6.07) is 3.32. The summed E-state index contributed by atoms with van der Waals surface area (Å²) in [5.74, 6) is -1.23. The van der Waals surface area contributed by atoms with Crippen LogP contribution in [-0.4, -0.2) is 45.7 Å². The first kappa shape index (κ1) is 15.2. The van der Waals surface area contributed by atoms with Crippen molar-refractivity contribution in [3.63, 3.8) is 0 Å². The van der Waals surface area contributed by atoms with Crippen LogP contribution in [-0.2, 0) is 19.9 Å². The Morgan fingerprint density at radius 3 is 2.55 bits per heavy atom. The van der Waals surface area contributed by atoms with Crippen molar-refractivity contribution in [2.24, 2.45) is 0 Å². The quantitative estimate of drug-likeness (QED) is 0.785. The third-order valence-electron chi connectivity index (χ3n) is 3.09.